The second kappa shape index (κ2) is 11.1. The molecule has 0 fully saturated rings. The highest BCUT2D eigenvalue weighted by Gasteiger charge is 2.27. The van der Waals surface area contributed by atoms with E-state index in [1.165, 1.54) is 19.1 Å². The molecule has 0 unspecified atom stereocenters. The van der Waals surface area contributed by atoms with Gasteiger partial charge in [0.2, 0.25) is 10.0 Å². The summed E-state index contributed by atoms with van der Waals surface area (Å²) >= 11 is 0. The third-order valence-electron chi connectivity index (χ3n) is 6.69. The Morgan fingerprint density at radius 2 is 1.77 bits per heavy atom. The zero-order valence-corrected chi connectivity index (χ0v) is 23.5. The number of anilines is 1. The number of fused-ring (bicyclic) bond motifs is 1. The molecule has 0 saturated carbocycles. The molecule has 0 aliphatic carbocycles. The van der Waals surface area contributed by atoms with Gasteiger partial charge in [-0.15, -0.1) is 0 Å². The van der Waals surface area contributed by atoms with Gasteiger partial charge in [0.25, 0.3) is 0 Å². The fraction of sp³-hybridized carbons (Fsp3) is 0.357. The maximum absolute atomic E-state index is 14.0. The Morgan fingerprint density at radius 3 is 2.41 bits per heavy atom. The standard InChI is InChI=1S/C28H33FN4O5S/c1-6-30-28(35)32-11-10-22-24(16-32)33(15-19(5)26(22)34)23-14-21(31-39(36,37)7-2)8-9-25(23)38-27-17(3)12-20(29)13-18(27)4/h8-9,12-15,31H,6-7,10-11,16H2,1-5H3,(H,30,35). The number of nitrogens with zero attached hydrogens (tertiary/aromatic N) is 2. The van der Waals surface area contributed by atoms with Gasteiger partial charge in [-0.05, 0) is 82.5 Å². The smallest absolute Gasteiger partial charge is 0.317 e. The lowest BCUT2D eigenvalue weighted by Crippen LogP contribution is -2.45. The molecule has 4 rings (SSSR count). The van der Waals surface area contributed by atoms with Gasteiger partial charge in [0, 0.05) is 36.1 Å². The van der Waals surface area contributed by atoms with Gasteiger partial charge in [-0.2, -0.15) is 0 Å². The number of benzene rings is 2. The number of hydrogen-bond donors (Lipinski definition) is 2. The normalized spacial score (nSPS) is 13.1. The molecule has 2 N–H and O–H groups in total. The number of aryl methyl sites for hydroxylation is 3. The van der Waals surface area contributed by atoms with Crippen molar-refractivity contribution in [2.75, 3.05) is 23.6 Å². The number of urea groups is 1. The monoisotopic (exact) mass is 556 g/mol. The minimum atomic E-state index is -3.57. The van der Waals surface area contributed by atoms with Gasteiger partial charge in [-0.3, -0.25) is 9.52 Å². The summed E-state index contributed by atoms with van der Waals surface area (Å²) in [7, 11) is -3.57. The highest BCUT2D eigenvalue weighted by Crippen LogP contribution is 2.36. The summed E-state index contributed by atoms with van der Waals surface area (Å²) < 4.78 is 49.3. The Morgan fingerprint density at radius 1 is 1.08 bits per heavy atom. The van der Waals surface area contributed by atoms with Crippen molar-refractivity contribution in [3.8, 4) is 17.2 Å². The first kappa shape index (κ1) is 28.2. The average molecular weight is 557 g/mol. The molecule has 0 atom stereocenters. The summed E-state index contributed by atoms with van der Waals surface area (Å²) in [6.45, 7) is 9.61. The minimum Gasteiger partial charge on any atom is -0.455 e. The predicted octanol–water partition coefficient (Wildman–Crippen LogP) is 4.54. The fourth-order valence-electron chi connectivity index (χ4n) is 4.71. The van der Waals surface area contributed by atoms with E-state index in [1.807, 2.05) is 6.92 Å². The van der Waals surface area contributed by atoms with E-state index in [0.29, 0.717) is 70.3 Å². The Hall–Kier alpha value is -3.86. The quantitative estimate of drug-likeness (QED) is 0.444. The lowest BCUT2D eigenvalue weighted by molar-refractivity contribution is 0.191. The molecule has 1 aliphatic heterocycles. The van der Waals surface area contributed by atoms with Gasteiger partial charge in [0.05, 0.1) is 23.7 Å². The van der Waals surface area contributed by atoms with E-state index in [0.717, 1.165) is 0 Å². The lowest BCUT2D eigenvalue weighted by atomic mass is 10.0. The van der Waals surface area contributed by atoms with Crippen LogP contribution in [0.25, 0.3) is 5.69 Å². The van der Waals surface area contributed by atoms with Crippen LogP contribution >= 0.6 is 0 Å². The third kappa shape index (κ3) is 5.93. The van der Waals surface area contributed by atoms with Crippen molar-refractivity contribution in [1.82, 2.24) is 14.8 Å². The predicted molar refractivity (Wildman–Crippen MR) is 149 cm³/mol. The molecular formula is C28H33FN4O5S. The summed E-state index contributed by atoms with van der Waals surface area (Å²) in [6, 6.07) is 7.37. The van der Waals surface area contributed by atoms with Crippen molar-refractivity contribution in [2.45, 2.75) is 47.6 Å². The number of rotatable bonds is 7. The molecule has 1 aliphatic rings. The van der Waals surface area contributed by atoms with E-state index in [1.54, 1.807) is 54.6 Å². The molecule has 2 heterocycles. The van der Waals surface area contributed by atoms with Crippen LogP contribution in [0.15, 0.2) is 41.3 Å². The molecule has 0 radical (unpaired) electrons. The molecule has 1 aromatic heterocycles. The van der Waals surface area contributed by atoms with Crippen LogP contribution in [0.1, 0.15) is 41.8 Å². The van der Waals surface area contributed by atoms with Gasteiger partial charge >= 0.3 is 6.03 Å². The van der Waals surface area contributed by atoms with Crippen LogP contribution in [-0.2, 0) is 23.0 Å². The molecule has 0 spiro atoms. The van der Waals surface area contributed by atoms with Gasteiger partial charge in [-0.25, -0.2) is 17.6 Å². The number of pyridine rings is 1. The average Bonchev–Trinajstić information content (AvgIpc) is 2.88. The Kier molecular flexibility index (Phi) is 8.01. The molecular weight excluding hydrogens is 523 g/mol. The topological polar surface area (TPSA) is 110 Å². The van der Waals surface area contributed by atoms with Crippen LogP contribution in [0, 0.1) is 26.6 Å². The first-order valence-electron chi connectivity index (χ1n) is 12.8. The zero-order valence-electron chi connectivity index (χ0n) is 22.7. The van der Waals surface area contributed by atoms with Gasteiger partial charge < -0.3 is 19.5 Å². The lowest BCUT2D eigenvalue weighted by Gasteiger charge is -2.31. The van der Waals surface area contributed by atoms with Crippen LogP contribution < -0.4 is 20.2 Å². The Bertz CT molecular complexity index is 1580. The summed E-state index contributed by atoms with van der Waals surface area (Å²) in [5.74, 6) is 0.350. The van der Waals surface area contributed by atoms with E-state index in [9.17, 15) is 22.4 Å². The molecule has 39 heavy (non-hydrogen) atoms. The molecule has 9 nitrogen and oxygen atoms in total. The number of ether oxygens (including phenoxy) is 1. The SMILES string of the molecule is CCNC(=O)N1CCc2c(n(-c3cc(NS(=O)(=O)CC)ccc3Oc3c(C)cc(F)cc3C)cc(C)c2=O)C1. The minimum absolute atomic E-state index is 0.0904. The molecule has 3 aromatic rings. The van der Waals surface area contributed by atoms with Crippen LogP contribution in [0.3, 0.4) is 0 Å². The maximum atomic E-state index is 14.0. The third-order valence-corrected chi connectivity index (χ3v) is 8.00. The summed E-state index contributed by atoms with van der Waals surface area (Å²) in [4.78, 5) is 27.4. The number of amides is 2. The van der Waals surface area contributed by atoms with Crippen molar-refractivity contribution >= 4 is 21.7 Å². The summed E-state index contributed by atoms with van der Waals surface area (Å²) in [6.07, 6.45) is 2.05. The number of halogens is 1. The van der Waals surface area contributed by atoms with Crippen LogP contribution in [-0.4, -0.2) is 42.8 Å². The van der Waals surface area contributed by atoms with Gasteiger partial charge in [-0.1, -0.05) is 0 Å². The number of hydrogen-bond acceptors (Lipinski definition) is 5. The second-order valence-corrected chi connectivity index (χ2v) is 11.6. The molecule has 208 valence electrons. The fourth-order valence-corrected chi connectivity index (χ4v) is 5.34. The Balaban J connectivity index is 1.92. The van der Waals surface area contributed by atoms with Crippen LogP contribution in [0.5, 0.6) is 11.5 Å². The summed E-state index contributed by atoms with van der Waals surface area (Å²) in [5.41, 5.74) is 3.57. The molecule has 2 amide bonds. The van der Waals surface area contributed by atoms with Gasteiger partial charge in [0.1, 0.15) is 11.6 Å². The number of nitrogens with one attached hydrogen (secondary N) is 2. The van der Waals surface area contributed by atoms with Crippen molar-refractivity contribution in [3.63, 3.8) is 0 Å². The van der Waals surface area contributed by atoms with E-state index in [4.69, 9.17) is 4.74 Å². The largest absolute Gasteiger partial charge is 0.455 e. The highest BCUT2D eigenvalue weighted by atomic mass is 32.2. The van der Waals surface area contributed by atoms with Crippen LogP contribution in [0.2, 0.25) is 0 Å². The van der Waals surface area contributed by atoms with E-state index < -0.39 is 10.0 Å². The zero-order chi connectivity index (χ0) is 28.5. The van der Waals surface area contributed by atoms with Crippen LogP contribution in [0.4, 0.5) is 14.9 Å². The number of aromatic nitrogens is 1. The van der Waals surface area contributed by atoms with Crippen molar-refractivity contribution in [2.24, 2.45) is 0 Å². The molecule has 11 heteroatoms. The second-order valence-electron chi connectivity index (χ2n) is 9.60. The van der Waals surface area contributed by atoms with E-state index in [2.05, 4.69) is 10.0 Å². The number of sulfonamides is 1. The number of carbonyl (C=O) groups is 1. The molecule has 0 bridgehead atoms. The first-order valence-corrected chi connectivity index (χ1v) is 14.5. The maximum Gasteiger partial charge on any atom is 0.317 e. The van der Waals surface area contributed by atoms with E-state index in [-0.39, 0.29) is 29.6 Å². The summed E-state index contributed by atoms with van der Waals surface area (Å²) in [5, 5.41) is 2.80. The van der Waals surface area contributed by atoms with Gasteiger partial charge in [0.15, 0.2) is 11.2 Å². The molecule has 2 aromatic carbocycles. The van der Waals surface area contributed by atoms with E-state index >= 15 is 0 Å². The van der Waals surface area contributed by atoms with Crippen molar-refractivity contribution in [1.29, 1.82) is 0 Å². The van der Waals surface area contributed by atoms with Crippen molar-refractivity contribution < 1.29 is 22.3 Å². The van der Waals surface area contributed by atoms with Crippen molar-refractivity contribution in [3.05, 3.63) is 80.5 Å². The highest BCUT2D eigenvalue weighted by molar-refractivity contribution is 7.92. The first-order chi connectivity index (χ1) is 18.4. The number of carbonyl (C=O) groups excluding carboxylic acids is 1. The molecule has 0 saturated heterocycles. The Labute approximate surface area is 227 Å².